The van der Waals surface area contributed by atoms with Gasteiger partial charge in [-0.3, -0.25) is 4.79 Å². The molecule has 0 radical (unpaired) electrons. The zero-order chi connectivity index (χ0) is 14.4. The van der Waals surface area contributed by atoms with Crippen molar-refractivity contribution in [3.63, 3.8) is 0 Å². The highest BCUT2D eigenvalue weighted by Crippen LogP contribution is 2.25. The second kappa shape index (κ2) is 8.28. The minimum atomic E-state index is -0.203. The standard InChI is InChI=1S/C16H29NO2S/c1-3-15(19-14-7-5-4-6-8-14)16(18)17-10-9-13(11-17)12-20-2/h13-15H,3-12H2,1-2H3/t13-,15+/m1/s1. The molecule has 1 saturated heterocycles. The first-order chi connectivity index (χ1) is 9.74. The summed E-state index contributed by atoms with van der Waals surface area (Å²) in [6.07, 6.45) is 10.3. The summed E-state index contributed by atoms with van der Waals surface area (Å²) < 4.78 is 6.11. The fourth-order valence-electron chi connectivity index (χ4n) is 3.37. The van der Waals surface area contributed by atoms with E-state index in [1.54, 1.807) is 0 Å². The number of likely N-dealkylation sites (tertiary alicyclic amines) is 1. The molecule has 0 aromatic rings. The van der Waals surface area contributed by atoms with Gasteiger partial charge in [0.2, 0.25) is 0 Å². The molecule has 1 aliphatic carbocycles. The molecule has 0 bridgehead atoms. The largest absolute Gasteiger partial charge is 0.365 e. The van der Waals surface area contributed by atoms with Gasteiger partial charge in [-0.2, -0.15) is 11.8 Å². The third-order valence-corrected chi connectivity index (χ3v) is 5.36. The van der Waals surface area contributed by atoms with Crippen molar-refractivity contribution in [2.45, 2.75) is 64.1 Å². The van der Waals surface area contributed by atoms with Crippen molar-refractivity contribution in [1.29, 1.82) is 0 Å². The van der Waals surface area contributed by atoms with Crippen LogP contribution in [0.4, 0.5) is 0 Å². The molecule has 4 heteroatoms. The van der Waals surface area contributed by atoms with E-state index in [1.807, 2.05) is 16.7 Å². The van der Waals surface area contributed by atoms with Crippen molar-refractivity contribution in [2.24, 2.45) is 5.92 Å². The molecule has 2 aliphatic rings. The van der Waals surface area contributed by atoms with Crippen LogP contribution in [0.2, 0.25) is 0 Å². The molecule has 1 saturated carbocycles. The van der Waals surface area contributed by atoms with Crippen LogP contribution < -0.4 is 0 Å². The molecule has 2 atom stereocenters. The first-order valence-electron chi connectivity index (χ1n) is 8.17. The number of ether oxygens (including phenoxy) is 1. The third kappa shape index (κ3) is 4.39. The molecule has 1 aliphatic heterocycles. The predicted octanol–water partition coefficient (Wildman–Crippen LogP) is 3.33. The summed E-state index contributed by atoms with van der Waals surface area (Å²) in [7, 11) is 0. The van der Waals surface area contributed by atoms with Gasteiger partial charge in [-0.05, 0) is 43.6 Å². The van der Waals surface area contributed by atoms with Gasteiger partial charge in [0.15, 0.2) is 0 Å². The summed E-state index contributed by atoms with van der Waals surface area (Å²) in [6.45, 7) is 3.93. The first kappa shape index (κ1) is 16.2. The van der Waals surface area contributed by atoms with Gasteiger partial charge in [0.25, 0.3) is 5.91 Å². The van der Waals surface area contributed by atoms with Crippen LogP contribution in [-0.4, -0.2) is 48.1 Å². The maximum atomic E-state index is 12.6. The molecule has 0 unspecified atom stereocenters. The number of amides is 1. The van der Waals surface area contributed by atoms with Crippen LogP contribution in [0.1, 0.15) is 51.9 Å². The molecule has 1 heterocycles. The van der Waals surface area contributed by atoms with Gasteiger partial charge in [-0.1, -0.05) is 26.2 Å². The fourth-order valence-corrected chi connectivity index (χ4v) is 4.11. The van der Waals surface area contributed by atoms with Gasteiger partial charge >= 0.3 is 0 Å². The summed E-state index contributed by atoms with van der Waals surface area (Å²) in [5, 5.41) is 0. The van der Waals surface area contributed by atoms with E-state index in [9.17, 15) is 4.79 Å². The number of hydrogen-bond donors (Lipinski definition) is 0. The van der Waals surface area contributed by atoms with Crippen molar-refractivity contribution >= 4 is 17.7 Å². The van der Waals surface area contributed by atoms with Gasteiger partial charge in [-0.25, -0.2) is 0 Å². The van der Waals surface area contributed by atoms with E-state index in [2.05, 4.69) is 13.2 Å². The van der Waals surface area contributed by atoms with E-state index >= 15 is 0 Å². The Morgan fingerprint density at radius 3 is 2.70 bits per heavy atom. The Bertz CT molecular complexity index is 305. The molecule has 0 N–H and O–H groups in total. The van der Waals surface area contributed by atoms with Crippen molar-refractivity contribution in [1.82, 2.24) is 4.90 Å². The summed E-state index contributed by atoms with van der Waals surface area (Å²) in [6, 6.07) is 0. The number of thioether (sulfide) groups is 1. The van der Waals surface area contributed by atoms with Crippen LogP contribution in [0.3, 0.4) is 0 Å². The van der Waals surface area contributed by atoms with Crippen LogP contribution in [-0.2, 0) is 9.53 Å². The van der Waals surface area contributed by atoms with E-state index in [1.165, 1.54) is 25.0 Å². The molecule has 2 fully saturated rings. The lowest BCUT2D eigenvalue weighted by atomic mass is 9.97. The van der Waals surface area contributed by atoms with E-state index < -0.39 is 0 Å². The maximum absolute atomic E-state index is 12.6. The number of carbonyl (C=O) groups excluding carboxylic acids is 1. The van der Waals surface area contributed by atoms with Gasteiger partial charge in [0.1, 0.15) is 6.10 Å². The van der Waals surface area contributed by atoms with Crippen LogP contribution in [0, 0.1) is 5.92 Å². The van der Waals surface area contributed by atoms with Crippen molar-refractivity contribution in [2.75, 3.05) is 25.1 Å². The summed E-state index contributed by atoms with van der Waals surface area (Å²) in [5.41, 5.74) is 0. The van der Waals surface area contributed by atoms with Gasteiger partial charge in [-0.15, -0.1) is 0 Å². The second-order valence-corrected chi connectivity index (χ2v) is 7.10. The number of rotatable bonds is 6. The van der Waals surface area contributed by atoms with E-state index in [-0.39, 0.29) is 12.0 Å². The second-order valence-electron chi connectivity index (χ2n) is 6.19. The van der Waals surface area contributed by atoms with Crippen LogP contribution in [0.5, 0.6) is 0 Å². The predicted molar refractivity (Wildman–Crippen MR) is 85.1 cm³/mol. The molecular weight excluding hydrogens is 270 g/mol. The van der Waals surface area contributed by atoms with Gasteiger partial charge in [0.05, 0.1) is 6.10 Å². The minimum absolute atomic E-state index is 0.203. The Labute approximate surface area is 127 Å². The summed E-state index contributed by atoms with van der Waals surface area (Å²) in [4.78, 5) is 14.6. The molecule has 20 heavy (non-hydrogen) atoms. The Hall–Kier alpha value is -0.220. The maximum Gasteiger partial charge on any atom is 0.251 e. The third-order valence-electron chi connectivity index (χ3n) is 4.56. The van der Waals surface area contributed by atoms with Crippen molar-refractivity contribution in [3.05, 3.63) is 0 Å². The van der Waals surface area contributed by atoms with E-state index in [0.717, 1.165) is 38.8 Å². The minimum Gasteiger partial charge on any atom is -0.365 e. The first-order valence-corrected chi connectivity index (χ1v) is 9.57. The lowest BCUT2D eigenvalue weighted by Gasteiger charge is -2.29. The molecule has 0 spiro atoms. The molecular formula is C16H29NO2S. The Balaban J connectivity index is 1.82. The Morgan fingerprint density at radius 2 is 2.05 bits per heavy atom. The average molecular weight is 299 g/mol. The normalized spacial score (nSPS) is 25.9. The highest BCUT2D eigenvalue weighted by molar-refractivity contribution is 7.98. The topological polar surface area (TPSA) is 29.5 Å². The monoisotopic (exact) mass is 299 g/mol. The lowest BCUT2D eigenvalue weighted by Crippen LogP contribution is -2.41. The molecule has 0 aromatic heterocycles. The van der Waals surface area contributed by atoms with Crippen LogP contribution in [0.15, 0.2) is 0 Å². The molecule has 116 valence electrons. The Morgan fingerprint density at radius 1 is 1.30 bits per heavy atom. The fraction of sp³-hybridized carbons (Fsp3) is 0.938. The van der Waals surface area contributed by atoms with E-state index in [4.69, 9.17) is 4.74 Å². The van der Waals surface area contributed by atoms with Crippen molar-refractivity contribution < 1.29 is 9.53 Å². The highest BCUT2D eigenvalue weighted by Gasteiger charge is 2.31. The van der Waals surface area contributed by atoms with Gasteiger partial charge in [0, 0.05) is 13.1 Å². The molecule has 2 rings (SSSR count). The molecule has 0 aromatic carbocycles. The smallest absolute Gasteiger partial charge is 0.251 e. The number of nitrogens with zero attached hydrogens (tertiary/aromatic N) is 1. The lowest BCUT2D eigenvalue weighted by molar-refractivity contribution is -0.148. The zero-order valence-electron chi connectivity index (χ0n) is 13.0. The zero-order valence-corrected chi connectivity index (χ0v) is 13.8. The molecule has 3 nitrogen and oxygen atoms in total. The molecule has 1 amide bonds. The summed E-state index contributed by atoms with van der Waals surface area (Å²) >= 11 is 1.89. The van der Waals surface area contributed by atoms with Gasteiger partial charge < -0.3 is 9.64 Å². The summed E-state index contributed by atoms with van der Waals surface area (Å²) in [5.74, 6) is 2.09. The van der Waals surface area contributed by atoms with Crippen LogP contribution >= 0.6 is 11.8 Å². The van der Waals surface area contributed by atoms with E-state index in [0.29, 0.717) is 12.0 Å². The SMILES string of the molecule is CC[C@H](OC1CCCCC1)C(=O)N1CC[C@@H](CSC)C1. The quantitative estimate of drug-likeness (QED) is 0.753. The number of hydrogen-bond acceptors (Lipinski definition) is 3. The van der Waals surface area contributed by atoms with Crippen molar-refractivity contribution in [3.8, 4) is 0 Å². The average Bonchev–Trinajstić information content (AvgIpc) is 2.94. The van der Waals surface area contributed by atoms with Crippen LogP contribution in [0.25, 0.3) is 0 Å². The number of carbonyl (C=O) groups is 1. The highest BCUT2D eigenvalue weighted by atomic mass is 32.2. The Kier molecular flexibility index (Phi) is 6.69.